The zero-order chi connectivity index (χ0) is 16.2. The molecule has 1 saturated carbocycles. The van der Waals surface area contributed by atoms with E-state index in [2.05, 4.69) is 24.4 Å². The molecule has 0 aromatic heterocycles. The summed E-state index contributed by atoms with van der Waals surface area (Å²) in [7, 11) is 0. The Hall–Kier alpha value is -1.84. The van der Waals surface area contributed by atoms with Crippen LogP contribution in [-0.4, -0.2) is 36.3 Å². The fraction of sp³-hybridized carbons (Fsp3) is 0.579. The molecule has 1 aliphatic heterocycles. The lowest BCUT2D eigenvalue weighted by Gasteiger charge is -2.32. The lowest BCUT2D eigenvalue weighted by molar-refractivity contribution is -0.136. The molecule has 1 heterocycles. The number of nitrogens with one attached hydrogen (secondary N) is 1. The van der Waals surface area contributed by atoms with E-state index >= 15 is 0 Å². The molecular weight excluding hydrogens is 288 g/mol. The highest BCUT2D eigenvalue weighted by atomic mass is 16.2. The first-order valence-corrected chi connectivity index (χ1v) is 8.76. The van der Waals surface area contributed by atoms with Crippen LogP contribution >= 0.6 is 0 Å². The van der Waals surface area contributed by atoms with Gasteiger partial charge in [-0.1, -0.05) is 24.3 Å². The van der Waals surface area contributed by atoms with Gasteiger partial charge >= 0.3 is 0 Å². The summed E-state index contributed by atoms with van der Waals surface area (Å²) in [5.74, 6) is 0.579. The van der Waals surface area contributed by atoms with Crippen molar-refractivity contribution in [2.75, 3.05) is 19.6 Å². The SMILES string of the molecule is Cc1ccccc1CCNC(=O)[C@H]1CCCN(C(=O)C2CC2)C1. The van der Waals surface area contributed by atoms with E-state index in [1.54, 1.807) is 0 Å². The number of aryl methyl sites for hydroxylation is 1. The first kappa shape index (κ1) is 16.0. The lowest BCUT2D eigenvalue weighted by Crippen LogP contribution is -2.46. The number of hydrogen-bond donors (Lipinski definition) is 1. The molecule has 1 aromatic carbocycles. The first-order valence-electron chi connectivity index (χ1n) is 8.76. The van der Waals surface area contributed by atoms with Crippen molar-refractivity contribution in [1.82, 2.24) is 10.2 Å². The molecule has 1 saturated heterocycles. The first-order chi connectivity index (χ1) is 11.1. The van der Waals surface area contributed by atoms with E-state index in [0.29, 0.717) is 13.1 Å². The van der Waals surface area contributed by atoms with Crippen molar-refractivity contribution in [3.05, 3.63) is 35.4 Å². The topological polar surface area (TPSA) is 49.4 Å². The molecule has 0 radical (unpaired) electrons. The lowest BCUT2D eigenvalue weighted by atomic mass is 9.96. The van der Waals surface area contributed by atoms with Gasteiger partial charge in [-0.05, 0) is 50.2 Å². The highest BCUT2D eigenvalue weighted by Crippen LogP contribution is 2.32. The smallest absolute Gasteiger partial charge is 0.225 e. The highest BCUT2D eigenvalue weighted by molar-refractivity contribution is 5.83. The molecule has 1 atom stereocenters. The fourth-order valence-electron chi connectivity index (χ4n) is 3.34. The zero-order valence-electron chi connectivity index (χ0n) is 13.9. The zero-order valence-corrected chi connectivity index (χ0v) is 13.9. The Balaban J connectivity index is 1.46. The van der Waals surface area contributed by atoms with Gasteiger partial charge in [-0.3, -0.25) is 9.59 Å². The van der Waals surface area contributed by atoms with E-state index in [-0.39, 0.29) is 23.7 Å². The summed E-state index contributed by atoms with van der Waals surface area (Å²) < 4.78 is 0. The summed E-state index contributed by atoms with van der Waals surface area (Å²) in [6.07, 6.45) is 4.75. The average molecular weight is 314 g/mol. The maximum atomic E-state index is 12.4. The van der Waals surface area contributed by atoms with E-state index in [1.807, 2.05) is 17.0 Å². The monoisotopic (exact) mass is 314 g/mol. The highest BCUT2D eigenvalue weighted by Gasteiger charge is 2.36. The Morgan fingerprint density at radius 1 is 1.17 bits per heavy atom. The summed E-state index contributed by atoms with van der Waals surface area (Å²) in [4.78, 5) is 26.4. The van der Waals surface area contributed by atoms with Gasteiger partial charge in [-0.2, -0.15) is 0 Å². The Morgan fingerprint density at radius 3 is 2.70 bits per heavy atom. The van der Waals surface area contributed by atoms with Crippen molar-refractivity contribution in [2.24, 2.45) is 11.8 Å². The second-order valence-corrected chi connectivity index (χ2v) is 6.87. The van der Waals surface area contributed by atoms with Crippen molar-refractivity contribution in [2.45, 2.75) is 39.0 Å². The molecule has 4 nitrogen and oxygen atoms in total. The van der Waals surface area contributed by atoms with Gasteiger partial charge in [0.15, 0.2) is 0 Å². The standard InChI is InChI=1S/C19H26N2O2/c1-14-5-2-3-6-15(14)10-11-20-18(22)17-7-4-12-21(13-17)19(23)16-8-9-16/h2-3,5-6,16-17H,4,7-13H2,1H3,(H,20,22)/t17-/m0/s1. The predicted octanol–water partition coefficient (Wildman–Crippen LogP) is 2.30. The quantitative estimate of drug-likeness (QED) is 0.906. The molecule has 1 N–H and O–H groups in total. The number of carbonyl (C=O) groups excluding carboxylic acids is 2. The molecule has 124 valence electrons. The molecule has 1 aliphatic carbocycles. The normalized spacial score (nSPS) is 21.1. The summed E-state index contributed by atoms with van der Waals surface area (Å²) in [6.45, 7) is 4.18. The molecule has 23 heavy (non-hydrogen) atoms. The van der Waals surface area contributed by atoms with Crippen molar-refractivity contribution < 1.29 is 9.59 Å². The summed E-state index contributed by atoms with van der Waals surface area (Å²) in [6, 6.07) is 8.27. The van der Waals surface area contributed by atoms with Crippen molar-refractivity contribution in [1.29, 1.82) is 0 Å². The molecule has 1 aromatic rings. The molecule has 0 bridgehead atoms. The van der Waals surface area contributed by atoms with Gasteiger partial charge in [0.2, 0.25) is 11.8 Å². The predicted molar refractivity (Wildman–Crippen MR) is 89.9 cm³/mol. The molecule has 2 aliphatic rings. The van der Waals surface area contributed by atoms with Gasteiger partial charge in [-0.15, -0.1) is 0 Å². The minimum Gasteiger partial charge on any atom is -0.355 e. The number of rotatable bonds is 5. The minimum atomic E-state index is -0.0386. The number of nitrogens with zero attached hydrogens (tertiary/aromatic N) is 1. The number of likely N-dealkylation sites (tertiary alicyclic amines) is 1. The second-order valence-electron chi connectivity index (χ2n) is 6.87. The van der Waals surface area contributed by atoms with E-state index in [9.17, 15) is 9.59 Å². The second kappa shape index (κ2) is 7.16. The van der Waals surface area contributed by atoms with Crippen LogP contribution in [0.15, 0.2) is 24.3 Å². The van der Waals surface area contributed by atoms with Crippen LogP contribution in [-0.2, 0) is 16.0 Å². The van der Waals surface area contributed by atoms with Crippen molar-refractivity contribution >= 4 is 11.8 Å². The third-order valence-electron chi connectivity index (χ3n) is 4.99. The molecule has 2 fully saturated rings. The van der Waals surface area contributed by atoms with Crippen molar-refractivity contribution in [3.8, 4) is 0 Å². The van der Waals surface area contributed by atoms with Crippen molar-refractivity contribution in [3.63, 3.8) is 0 Å². The van der Waals surface area contributed by atoms with E-state index in [0.717, 1.165) is 38.6 Å². The van der Waals surface area contributed by atoms with Crippen LogP contribution in [0.2, 0.25) is 0 Å². The fourth-order valence-corrected chi connectivity index (χ4v) is 3.34. The number of piperidine rings is 1. The molecular formula is C19H26N2O2. The van der Waals surface area contributed by atoms with Crippen LogP contribution in [0, 0.1) is 18.8 Å². The van der Waals surface area contributed by atoms with Gasteiger partial charge in [0.05, 0.1) is 5.92 Å². The van der Waals surface area contributed by atoms with Gasteiger partial charge < -0.3 is 10.2 Å². The summed E-state index contributed by atoms with van der Waals surface area (Å²) in [5.41, 5.74) is 2.54. The van der Waals surface area contributed by atoms with Crippen LogP contribution in [0.3, 0.4) is 0 Å². The number of benzene rings is 1. The summed E-state index contributed by atoms with van der Waals surface area (Å²) >= 11 is 0. The largest absolute Gasteiger partial charge is 0.355 e. The van der Waals surface area contributed by atoms with Gasteiger partial charge in [0, 0.05) is 25.6 Å². The maximum absolute atomic E-state index is 12.4. The van der Waals surface area contributed by atoms with Crippen LogP contribution in [0.4, 0.5) is 0 Å². The van der Waals surface area contributed by atoms with Crippen LogP contribution in [0.1, 0.15) is 36.8 Å². The van der Waals surface area contributed by atoms with Gasteiger partial charge in [-0.25, -0.2) is 0 Å². The summed E-state index contributed by atoms with van der Waals surface area (Å²) in [5, 5.41) is 3.06. The van der Waals surface area contributed by atoms with Crippen LogP contribution in [0.5, 0.6) is 0 Å². The van der Waals surface area contributed by atoms with E-state index < -0.39 is 0 Å². The van der Waals surface area contributed by atoms with Crippen LogP contribution < -0.4 is 5.32 Å². The van der Waals surface area contributed by atoms with E-state index in [1.165, 1.54) is 11.1 Å². The van der Waals surface area contributed by atoms with Gasteiger partial charge in [0.25, 0.3) is 0 Å². The Kier molecular flexibility index (Phi) is 4.99. The number of amides is 2. The molecule has 4 heteroatoms. The van der Waals surface area contributed by atoms with E-state index in [4.69, 9.17) is 0 Å². The maximum Gasteiger partial charge on any atom is 0.225 e. The third-order valence-corrected chi connectivity index (χ3v) is 4.99. The average Bonchev–Trinajstić information content (AvgIpc) is 3.41. The number of carbonyl (C=O) groups is 2. The molecule has 3 rings (SSSR count). The van der Waals surface area contributed by atoms with Crippen LogP contribution in [0.25, 0.3) is 0 Å². The Bertz CT molecular complexity index is 580. The van der Waals surface area contributed by atoms with Gasteiger partial charge in [0.1, 0.15) is 0 Å². The Labute approximate surface area is 138 Å². The third kappa shape index (κ3) is 4.12. The molecule has 2 amide bonds. The molecule has 0 unspecified atom stereocenters. The minimum absolute atomic E-state index is 0.0386. The molecule has 0 spiro atoms. The Morgan fingerprint density at radius 2 is 1.96 bits per heavy atom. The number of hydrogen-bond acceptors (Lipinski definition) is 2.